The van der Waals surface area contributed by atoms with Gasteiger partial charge < -0.3 is 5.11 Å². The van der Waals surface area contributed by atoms with Gasteiger partial charge in [0.25, 0.3) is 0 Å². The van der Waals surface area contributed by atoms with Crippen LogP contribution in [-0.4, -0.2) is 36.2 Å². The van der Waals surface area contributed by atoms with Crippen LogP contribution in [0, 0.1) is 5.41 Å². The van der Waals surface area contributed by atoms with Crippen LogP contribution in [0.2, 0.25) is 0 Å². The Hall–Kier alpha value is -0.340. The first-order valence-corrected chi connectivity index (χ1v) is 4.83. The second-order valence-corrected chi connectivity index (χ2v) is 4.14. The molecule has 0 aromatic heterocycles. The van der Waals surface area contributed by atoms with Crippen molar-refractivity contribution >= 4 is 0 Å². The lowest BCUT2D eigenvalue weighted by atomic mass is 10.0. The Bertz CT molecular complexity index is 176. The summed E-state index contributed by atoms with van der Waals surface area (Å²) in [7, 11) is 0. The molecule has 1 aliphatic heterocycles. The van der Waals surface area contributed by atoms with Gasteiger partial charge in [0.15, 0.2) is 0 Å². The van der Waals surface area contributed by atoms with E-state index in [9.17, 15) is 0 Å². The Balaban J connectivity index is 1.78. The largest absolute Gasteiger partial charge is 0.396 e. The molecule has 0 radical (unpaired) electrons. The Morgan fingerprint density at radius 3 is 2.42 bits per heavy atom. The van der Waals surface area contributed by atoms with Crippen molar-refractivity contribution in [3.8, 4) is 0 Å². The Morgan fingerprint density at radius 2 is 1.92 bits per heavy atom. The van der Waals surface area contributed by atoms with Gasteiger partial charge in [-0.1, -0.05) is 12.2 Å². The highest BCUT2D eigenvalue weighted by molar-refractivity contribution is 5.01. The fourth-order valence-corrected chi connectivity index (χ4v) is 2.03. The van der Waals surface area contributed by atoms with E-state index in [0.29, 0.717) is 12.0 Å². The predicted octanol–water partition coefficient (Wildman–Crippen LogP) is 1.02. The molecular formula is C10H17NO. The minimum atomic E-state index is 0.362. The van der Waals surface area contributed by atoms with E-state index in [2.05, 4.69) is 17.1 Å². The third-order valence-corrected chi connectivity index (χ3v) is 3.05. The molecule has 1 fully saturated rings. The molecule has 0 spiro atoms. The highest BCUT2D eigenvalue weighted by atomic mass is 16.3. The van der Waals surface area contributed by atoms with Crippen molar-refractivity contribution in [3.63, 3.8) is 0 Å². The van der Waals surface area contributed by atoms with Crippen molar-refractivity contribution in [1.29, 1.82) is 0 Å². The number of hydrogen-bond donors (Lipinski definition) is 1. The van der Waals surface area contributed by atoms with Crippen LogP contribution < -0.4 is 0 Å². The summed E-state index contributed by atoms with van der Waals surface area (Å²) in [4.78, 5) is 2.46. The predicted molar refractivity (Wildman–Crippen MR) is 48.9 cm³/mol. The summed E-state index contributed by atoms with van der Waals surface area (Å²) in [5.74, 6) is 0. The van der Waals surface area contributed by atoms with Crippen molar-refractivity contribution in [2.24, 2.45) is 5.41 Å². The first-order valence-electron chi connectivity index (χ1n) is 4.83. The second kappa shape index (κ2) is 3.19. The van der Waals surface area contributed by atoms with Crippen LogP contribution in [0.1, 0.15) is 19.3 Å². The number of nitrogens with zero attached hydrogens (tertiary/aromatic N) is 1. The van der Waals surface area contributed by atoms with Gasteiger partial charge in [0, 0.05) is 26.2 Å². The minimum absolute atomic E-state index is 0.362. The molecule has 2 nitrogen and oxygen atoms in total. The number of aliphatic hydroxyl groups excluding tert-OH is 1. The number of rotatable bonds is 4. The lowest BCUT2D eigenvalue weighted by Gasteiger charge is -2.21. The number of hydrogen-bond acceptors (Lipinski definition) is 2. The van der Waals surface area contributed by atoms with E-state index in [-0.39, 0.29) is 0 Å². The summed E-state index contributed by atoms with van der Waals surface area (Å²) in [5.41, 5.74) is 0.501. The van der Waals surface area contributed by atoms with Crippen molar-refractivity contribution in [2.45, 2.75) is 19.3 Å². The van der Waals surface area contributed by atoms with Gasteiger partial charge in [0.1, 0.15) is 0 Å². The molecule has 1 N–H and O–H groups in total. The second-order valence-electron chi connectivity index (χ2n) is 4.14. The Morgan fingerprint density at radius 1 is 1.25 bits per heavy atom. The summed E-state index contributed by atoms with van der Waals surface area (Å²) >= 11 is 0. The van der Waals surface area contributed by atoms with Gasteiger partial charge in [-0.15, -0.1) is 0 Å². The minimum Gasteiger partial charge on any atom is -0.396 e. The normalized spacial score (nSPS) is 26.4. The lowest BCUT2D eigenvalue weighted by Crippen LogP contribution is -2.28. The van der Waals surface area contributed by atoms with Crippen LogP contribution >= 0.6 is 0 Å². The third-order valence-electron chi connectivity index (χ3n) is 3.05. The van der Waals surface area contributed by atoms with E-state index < -0.39 is 0 Å². The van der Waals surface area contributed by atoms with Crippen LogP contribution in [0.5, 0.6) is 0 Å². The molecular weight excluding hydrogens is 150 g/mol. The van der Waals surface area contributed by atoms with E-state index >= 15 is 0 Å². The molecule has 12 heavy (non-hydrogen) atoms. The van der Waals surface area contributed by atoms with E-state index in [1.165, 1.54) is 19.4 Å². The molecule has 2 rings (SSSR count). The zero-order valence-corrected chi connectivity index (χ0v) is 7.50. The maximum atomic E-state index is 8.88. The quantitative estimate of drug-likeness (QED) is 0.632. The summed E-state index contributed by atoms with van der Waals surface area (Å²) in [6.07, 6.45) is 8.11. The molecule has 0 unspecified atom stereocenters. The Labute approximate surface area is 73.9 Å². The average Bonchev–Trinajstić information content (AvgIpc) is 2.63. The molecule has 2 aliphatic rings. The highest BCUT2D eigenvalue weighted by Gasteiger charge is 2.42. The monoisotopic (exact) mass is 167 g/mol. The molecule has 1 aliphatic carbocycles. The van der Waals surface area contributed by atoms with Gasteiger partial charge in [-0.25, -0.2) is 0 Å². The lowest BCUT2D eigenvalue weighted by molar-refractivity contribution is 0.206. The molecule has 2 heteroatoms. The molecule has 0 amide bonds. The molecule has 1 heterocycles. The maximum Gasteiger partial charge on any atom is 0.0436 e. The van der Waals surface area contributed by atoms with Crippen molar-refractivity contribution in [3.05, 3.63) is 12.2 Å². The van der Waals surface area contributed by atoms with E-state index in [0.717, 1.165) is 19.5 Å². The molecule has 0 aromatic rings. The third kappa shape index (κ3) is 1.70. The van der Waals surface area contributed by atoms with Crippen LogP contribution in [0.3, 0.4) is 0 Å². The van der Waals surface area contributed by atoms with Crippen LogP contribution in [0.4, 0.5) is 0 Å². The molecule has 0 atom stereocenters. The molecule has 0 saturated heterocycles. The SMILES string of the molecule is OCCC1(CN2CC=CC2)CC1. The highest BCUT2D eigenvalue weighted by Crippen LogP contribution is 2.49. The maximum absolute atomic E-state index is 8.88. The van der Waals surface area contributed by atoms with Gasteiger partial charge >= 0.3 is 0 Å². The van der Waals surface area contributed by atoms with Gasteiger partial charge in [-0.3, -0.25) is 4.90 Å². The van der Waals surface area contributed by atoms with Crippen LogP contribution in [-0.2, 0) is 0 Å². The summed E-state index contributed by atoms with van der Waals surface area (Å²) in [5, 5.41) is 8.88. The summed E-state index contributed by atoms with van der Waals surface area (Å²) < 4.78 is 0. The zero-order valence-electron chi connectivity index (χ0n) is 7.50. The average molecular weight is 167 g/mol. The fourth-order valence-electron chi connectivity index (χ4n) is 2.03. The van der Waals surface area contributed by atoms with Crippen molar-refractivity contribution in [2.75, 3.05) is 26.2 Å². The standard InChI is InChI=1S/C10H17NO/c12-8-5-10(3-4-10)9-11-6-1-2-7-11/h1-2,12H,3-9H2. The van der Waals surface area contributed by atoms with Crippen molar-refractivity contribution in [1.82, 2.24) is 4.90 Å². The Kier molecular flexibility index (Phi) is 2.20. The zero-order chi connectivity index (χ0) is 8.44. The first kappa shape index (κ1) is 8.27. The fraction of sp³-hybridized carbons (Fsp3) is 0.800. The summed E-state index contributed by atoms with van der Waals surface area (Å²) in [6.45, 7) is 3.79. The van der Waals surface area contributed by atoms with E-state index in [1.807, 2.05) is 0 Å². The molecule has 0 aromatic carbocycles. The molecule has 1 saturated carbocycles. The van der Waals surface area contributed by atoms with Gasteiger partial charge in [0.2, 0.25) is 0 Å². The molecule has 0 bridgehead atoms. The van der Waals surface area contributed by atoms with Gasteiger partial charge in [-0.2, -0.15) is 0 Å². The smallest absolute Gasteiger partial charge is 0.0436 e. The van der Waals surface area contributed by atoms with Crippen LogP contribution in [0.25, 0.3) is 0 Å². The van der Waals surface area contributed by atoms with Gasteiger partial charge in [-0.05, 0) is 24.7 Å². The first-order chi connectivity index (χ1) is 5.85. The summed E-state index contributed by atoms with van der Waals surface area (Å²) in [6, 6.07) is 0. The van der Waals surface area contributed by atoms with Gasteiger partial charge in [0.05, 0.1) is 0 Å². The van der Waals surface area contributed by atoms with E-state index in [1.54, 1.807) is 0 Å². The van der Waals surface area contributed by atoms with Crippen LogP contribution in [0.15, 0.2) is 12.2 Å². The van der Waals surface area contributed by atoms with E-state index in [4.69, 9.17) is 5.11 Å². The van der Waals surface area contributed by atoms with Crippen molar-refractivity contribution < 1.29 is 5.11 Å². The number of aliphatic hydroxyl groups is 1. The topological polar surface area (TPSA) is 23.5 Å². The molecule has 68 valence electrons.